The topological polar surface area (TPSA) is 30.7 Å². The zero-order chi connectivity index (χ0) is 51.7. The lowest BCUT2D eigenvalue weighted by atomic mass is 9.67. The van der Waals surface area contributed by atoms with Crippen molar-refractivity contribution in [2.24, 2.45) is 0 Å². The van der Waals surface area contributed by atoms with Crippen molar-refractivity contribution in [3.8, 4) is 72.7 Å². The Morgan fingerprint density at radius 3 is 1.74 bits per heavy atom. The van der Waals surface area contributed by atoms with E-state index in [-0.39, 0.29) is 5.41 Å². The molecule has 0 amide bonds. The van der Waals surface area contributed by atoms with E-state index in [0.717, 1.165) is 49.3 Å². The second kappa shape index (κ2) is 17.0. The number of hydrogen-bond acceptors (Lipinski definition) is 3. The Morgan fingerprint density at radius 1 is 0.372 bits per heavy atom. The van der Waals surface area contributed by atoms with Gasteiger partial charge in [0.05, 0.1) is 26.7 Å². The Kier molecular flexibility index (Phi) is 9.77. The summed E-state index contributed by atoms with van der Waals surface area (Å²) in [6, 6.07) is 94.6. The Labute approximate surface area is 457 Å². The van der Waals surface area contributed by atoms with Crippen LogP contribution in [0.1, 0.15) is 47.2 Å². The summed E-state index contributed by atoms with van der Waals surface area (Å²) in [4.78, 5) is 10.3. The minimum Gasteiger partial charge on any atom is -0.309 e. The minimum absolute atomic E-state index is 0.104. The fraction of sp³-hybridized carbons (Fsp3) is 0.0541. The summed E-state index contributed by atoms with van der Waals surface area (Å²) in [5, 5.41) is 3.59. The highest BCUT2D eigenvalue weighted by atomic mass is 32.1. The Morgan fingerprint density at radius 2 is 0.949 bits per heavy atom. The molecule has 4 heteroatoms. The van der Waals surface area contributed by atoms with Crippen LogP contribution in [0.15, 0.2) is 261 Å². The molecule has 14 aromatic rings. The molecule has 0 spiro atoms. The Hall–Kier alpha value is -9.48. The molecule has 16 rings (SSSR count). The third-order valence-corrected chi connectivity index (χ3v) is 18.3. The number of rotatable bonds is 7. The third-order valence-electron chi connectivity index (χ3n) is 17.2. The van der Waals surface area contributed by atoms with Gasteiger partial charge in [0.15, 0.2) is 5.82 Å². The molecular weight excluding hydrogens is 963 g/mol. The van der Waals surface area contributed by atoms with Crippen molar-refractivity contribution in [2.75, 3.05) is 0 Å². The SMILES string of the molecule is CC1(C)c2ccccc2-c2ccc(-c3ncc4sc5ccc(-c6cccc(-c7cccc8c7c7cc(-c9ccccc9)ccc7n8-c7ccc8c(c7)C(c7ccccc7)(c7ccccc7)c7ccccc7-8)c6)cc5c4n3)cc21. The summed E-state index contributed by atoms with van der Waals surface area (Å²) in [5.74, 6) is 0.753. The molecule has 0 saturated carbocycles. The molecule has 366 valence electrons. The Balaban J connectivity index is 0.849. The molecule has 11 aromatic carbocycles. The summed E-state index contributed by atoms with van der Waals surface area (Å²) in [7, 11) is 0. The van der Waals surface area contributed by atoms with E-state index in [1.54, 1.807) is 11.3 Å². The molecule has 3 heterocycles. The van der Waals surface area contributed by atoms with E-state index in [0.29, 0.717) is 0 Å². The highest BCUT2D eigenvalue weighted by Gasteiger charge is 2.46. The first kappa shape index (κ1) is 44.8. The molecule has 0 saturated heterocycles. The van der Waals surface area contributed by atoms with Gasteiger partial charge in [-0.15, -0.1) is 11.3 Å². The maximum Gasteiger partial charge on any atom is 0.159 e. The number of benzene rings is 11. The molecule has 0 N–H and O–H groups in total. The van der Waals surface area contributed by atoms with Crippen LogP contribution in [-0.4, -0.2) is 14.5 Å². The summed E-state index contributed by atoms with van der Waals surface area (Å²) in [5.41, 5.74) is 24.9. The van der Waals surface area contributed by atoms with Gasteiger partial charge in [0.1, 0.15) is 0 Å². The third kappa shape index (κ3) is 6.51. The molecule has 3 nitrogen and oxygen atoms in total. The van der Waals surface area contributed by atoms with Crippen molar-refractivity contribution < 1.29 is 0 Å². The van der Waals surface area contributed by atoms with Gasteiger partial charge in [0.25, 0.3) is 0 Å². The molecule has 78 heavy (non-hydrogen) atoms. The standard InChI is InChI=1S/C74H49N3S/c1-73(2)62-29-14-12-26-56(62)58-36-32-51(43-64(58)73)72-75-45-69-71(76-72)61-42-49(34-39-68(61)78-69)47-20-16-21-50(40-47)55-28-17-31-67-70(55)60-41-48(46-18-6-3-7-19-46)33-38-66(60)77(67)54-35-37-59-57-27-13-15-30-63(57)74(65(59)44-54,52-22-8-4-9-23-52)53-24-10-5-11-25-53/h3-45H,1-2H3. The maximum absolute atomic E-state index is 5.34. The van der Waals surface area contributed by atoms with E-state index >= 15 is 0 Å². The lowest BCUT2D eigenvalue weighted by Gasteiger charge is -2.34. The average molecular weight is 1010 g/mol. The summed E-state index contributed by atoms with van der Waals surface area (Å²) in [6.45, 7) is 4.65. The van der Waals surface area contributed by atoms with Crippen LogP contribution in [0.5, 0.6) is 0 Å². The number of thiophene rings is 1. The Bertz CT molecular complexity index is 4720. The number of fused-ring (bicyclic) bond motifs is 12. The van der Waals surface area contributed by atoms with Crippen molar-refractivity contribution in [2.45, 2.75) is 24.7 Å². The molecule has 2 aliphatic carbocycles. The molecule has 0 unspecified atom stereocenters. The summed E-state index contributed by atoms with van der Waals surface area (Å²) in [6.07, 6.45) is 2.01. The monoisotopic (exact) mass is 1010 g/mol. The lowest BCUT2D eigenvalue weighted by molar-refractivity contribution is 0.660. The second-order valence-corrected chi connectivity index (χ2v) is 22.7. The molecule has 2 aliphatic rings. The minimum atomic E-state index is -0.518. The van der Waals surface area contributed by atoms with Gasteiger partial charge in [-0.3, -0.25) is 0 Å². The first-order valence-corrected chi connectivity index (χ1v) is 27.8. The van der Waals surface area contributed by atoms with E-state index < -0.39 is 5.41 Å². The second-order valence-electron chi connectivity index (χ2n) is 21.6. The molecule has 0 bridgehead atoms. The van der Waals surface area contributed by atoms with Gasteiger partial charge in [-0.2, -0.15) is 0 Å². The first-order valence-electron chi connectivity index (χ1n) is 27.0. The van der Waals surface area contributed by atoms with Gasteiger partial charge < -0.3 is 4.57 Å². The predicted octanol–water partition coefficient (Wildman–Crippen LogP) is 19.3. The van der Waals surface area contributed by atoms with Crippen LogP contribution in [0.4, 0.5) is 0 Å². The van der Waals surface area contributed by atoms with E-state index in [9.17, 15) is 0 Å². The lowest BCUT2D eigenvalue weighted by Crippen LogP contribution is -2.28. The fourth-order valence-corrected chi connectivity index (χ4v) is 14.6. The van der Waals surface area contributed by atoms with Crippen molar-refractivity contribution >= 4 is 53.4 Å². The van der Waals surface area contributed by atoms with Crippen LogP contribution < -0.4 is 0 Å². The van der Waals surface area contributed by atoms with Gasteiger partial charge in [-0.25, -0.2) is 9.97 Å². The number of aromatic nitrogens is 3. The summed E-state index contributed by atoms with van der Waals surface area (Å²) >= 11 is 1.76. The largest absolute Gasteiger partial charge is 0.309 e. The van der Waals surface area contributed by atoms with Gasteiger partial charge in [0.2, 0.25) is 0 Å². The zero-order valence-corrected chi connectivity index (χ0v) is 43.9. The molecule has 0 radical (unpaired) electrons. The highest BCUT2D eigenvalue weighted by molar-refractivity contribution is 7.25. The van der Waals surface area contributed by atoms with E-state index in [4.69, 9.17) is 9.97 Å². The van der Waals surface area contributed by atoms with E-state index in [1.807, 2.05) is 6.20 Å². The van der Waals surface area contributed by atoms with Crippen molar-refractivity contribution in [3.05, 3.63) is 294 Å². The van der Waals surface area contributed by atoms with Crippen LogP contribution >= 0.6 is 11.3 Å². The van der Waals surface area contributed by atoms with Gasteiger partial charge in [-0.05, 0) is 144 Å². The average Bonchev–Trinajstić information content (AvgIpc) is 3.93. The quantitative estimate of drug-likeness (QED) is 0.159. The summed E-state index contributed by atoms with van der Waals surface area (Å²) < 4.78 is 4.80. The maximum atomic E-state index is 5.34. The van der Waals surface area contributed by atoms with Crippen molar-refractivity contribution in [1.29, 1.82) is 0 Å². The zero-order valence-electron chi connectivity index (χ0n) is 43.1. The molecule has 0 aliphatic heterocycles. The predicted molar refractivity (Wildman–Crippen MR) is 326 cm³/mol. The molecule has 0 atom stereocenters. The molecular formula is C74H49N3S. The van der Waals surface area contributed by atoms with Gasteiger partial charge in [0, 0.05) is 43.7 Å². The number of nitrogens with zero attached hydrogens (tertiary/aromatic N) is 3. The van der Waals surface area contributed by atoms with E-state index in [2.05, 4.69) is 273 Å². The van der Waals surface area contributed by atoms with E-state index in [1.165, 1.54) is 98.9 Å². The van der Waals surface area contributed by atoms with Gasteiger partial charge in [-0.1, -0.05) is 214 Å². The molecule has 3 aromatic heterocycles. The highest BCUT2D eigenvalue weighted by Crippen LogP contribution is 2.57. The van der Waals surface area contributed by atoms with Crippen LogP contribution in [0, 0.1) is 0 Å². The van der Waals surface area contributed by atoms with Crippen molar-refractivity contribution in [3.63, 3.8) is 0 Å². The van der Waals surface area contributed by atoms with Gasteiger partial charge >= 0.3 is 0 Å². The number of hydrogen-bond donors (Lipinski definition) is 0. The smallest absolute Gasteiger partial charge is 0.159 e. The van der Waals surface area contributed by atoms with Crippen LogP contribution in [0.25, 0.3) is 115 Å². The normalized spacial score (nSPS) is 13.7. The molecule has 0 fully saturated rings. The first-order chi connectivity index (χ1) is 38.4. The van der Waals surface area contributed by atoms with Crippen LogP contribution in [0.2, 0.25) is 0 Å². The fourth-order valence-electron chi connectivity index (χ4n) is 13.6. The van der Waals surface area contributed by atoms with Crippen LogP contribution in [-0.2, 0) is 10.8 Å². The van der Waals surface area contributed by atoms with Crippen molar-refractivity contribution in [1.82, 2.24) is 14.5 Å². The van der Waals surface area contributed by atoms with Crippen LogP contribution in [0.3, 0.4) is 0 Å².